The number of amides is 1. The van der Waals surface area contributed by atoms with Gasteiger partial charge >= 0.3 is 0 Å². The Morgan fingerprint density at radius 3 is 2.28 bits per heavy atom. The molecule has 3 heterocycles. The number of pyridine rings is 1. The zero-order valence-electron chi connectivity index (χ0n) is 18.5. The summed E-state index contributed by atoms with van der Waals surface area (Å²) in [6, 6.07) is 9.12. The maximum atomic E-state index is 13.1. The molecule has 2 fully saturated rings. The van der Waals surface area contributed by atoms with E-state index in [1.807, 2.05) is 43.0 Å². The monoisotopic (exact) mass is 476 g/mol. The Hall–Kier alpha value is -2.16. The molecule has 2 aromatic rings. The van der Waals surface area contributed by atoms with Crippen LogP contribution in [0.4, 0.5) is 5.82 Å². The Bertz CT molecular complexity index is 1070. The lowest BCUT2D eigenvalue weighted by atomic mass is 9.96. The molecule has 0 atom stereocenters. The van der Waals surface area contributed by atoms with Crippen LogP contribution in [0, 0.1) is 19.8 Å². The van der Waals surface area contributed by atoms with Gasteiger partial charge < -0.3 is 9.80 Å². The van der Waals surface area contributed by atoms with E-state index in [4.69, 9.17) is 11.6 Å². The fourth-order valence-corrected chi connectivity index (χ4v) is 6.33. The molecule has 1 aromatic heterocycles. The molecular formula is C23H29ClN4O3S. The minimum atomic E-state index is -3.54. The summed E-state index contributed by atoms with van der Waals surface area (Å²) >= 11 is 5.91. The number of aryl methyl sites for hydroxylation is 2. The highest BCUT2D eigenvalue weighted by atomic mass is 35.5. The molecular weight excluding hydrogens is 448 g/mol. The lowest BCUT2D eigenvalue weighted by molar-refractivity contribution is -0.137. The Labute approximate surface area is 195 Å². The molecule has 2 saturated heterocycles. The van der Waals surface area contributed by atoms with E-state index in [-0.39, 0.29) is 11.8 Å². The maximum Gasteiger partial charge on any atom is 0.243 e. The zero-order chi connectivity index (χ0) is 22.9. The summed E-state index contributed by atoms with van der Waals surface area (Å²) in [5.74, 6) is 0.879. The summed E-state index contributed by atoms with van der Waals surface area (Å²) in [6.45, 7) is 7.26. The van der Waals surface area contributed by atoms with Crippen LogP contribution in [-0.4, -0.2) is 67.8 Å². The molecule has 1 amide bonds. The van der Waals surface area contributed by atoms with Crippen LogP contribution in [0.3, 0.4) is 0 Å². The number of piperidine rings is 1. The third-order valence-corrected chi connectivity index (χ3v) is 8.66. The molecule has 9 heteroatoms. The number of rotatable bonds is 4. The third-order valence-electron chi connectivity index (χ3n) is 6.38. The largest absolute Gasteiger partial charge is 0.353 e. The number of anilines is 1. The van der Waals surface area contributed by atoms with E-state index in [0.29, 0.717) is 48.9 Å². The van der Waals surface area contributed by atoms with E-state index in [1.54, 1.807) is 12.3 Å². The third kappa shape index (κ3) is 4.77. The van der Waals surface area contributed by atoms with Crippen LogP contribution in [0.2, 0.25) is 5.02 Å². The van der Waals surface area contributed by atoms with Crippen LogP contribution in [0.1, 0.15) is 24.0 Å². The molecule has 7 nitrogen and oxygen atoms in total. The minimum Gasteiger partial charge on any atom is -0.353 e. The second kappa shape index (κ2) is 9.37. The van der Waals surface area contributed by atoms with Crippen molar-refractivity contribution in [2.24, 2.45) is 5.92 Å². The van der Waals surface area contributed by atoms with E-state index in [1.165, 1.54) is 4.31 Å². The highest BCUT2D eigenvalue weighted by molar-refractivity contribution is 7.89. The van der Waals surface area contributed by atoms with Gasteiger partial charge in [-0.1, -0.05) is 29.3 Å². The summed E-state index contributed by atoms with van der Waals surface area (Å²) in [5, 5.41) is 0.605. The smallest absolute Gasteiger partial charge is 0.243 e. The molecule has 0 unspecified atom stereocenters. The van der Waals surface area contributed by atoms with Crippen LogP contribution >= 0.6 is 11.6 Å². The van der Waals surface area contributed by atoms with Gasteiger partial charge in [0.15, 0.2) is 0 Å². The van der Waals surface area contributed by atoms with Crippen LogP contribution in [0.15, 0.2) is 41.4 Å². The first-order valence-corrected chi connectivity index (χ1v) is 12.8. The first-order chi connectivity index (χ1) is 15.3. The second-order valence-electron chi connectivity index (χ2n) is 8.59. The molecule has 0 aliphatic carbocycles. The Morgan fingerprint density at radius 1 is 1.00 bits per heavy atom. The summed E-state index contributed by atoms with van der Waals surface area (Å²) in [5.41, 5.74) is 1.80. The van der Waals surface area contributed by atoms with Crippen molar-refractivity contribution in [1.29, 1.82) is 0 Å². The Balaban J connectivity index is 1.32. The molecule has 2 aliphatic heterocycles. The average Bonchev–Trinajstić information content (AvgIpc) is 2.79. The number of halogens is 1. The second-order valence-corrected chi connectivity index (χ2v) is 10.9. The molecule has 0 saturated carbocycles. The van der Waals surface area contributed by atoms with E-state index >= 15 is 0 Å². The Morgan fingerprint density at radius 2 is 1.69 bits per heavy atom. The first kappa shape index (κ1) is 23.0. The van der Waals surface area contributed by atoms with Gasteiger partial charge in [-0.3, -0.25) is 4.79 Å². The van der Waals surface area contributed by atoms with Gasteiger partial charge in [-0.15, -0.1) is 0 Å². The van der Waals surface area contributed by atoms with Gasteiger partial charge in [0.25, 0.3) is 0 Å². The fourth-order valence-electron chi connectivity index (χ4n) is 4.54. The molecule has 4 rings (SSSR count). The van der Waals surface area contributed by atoms with Gasteiger partial charge in [0.1, 0.15) is 5.82 Å². The van der Waals surface area contributed by atoms with Crippen LogP contribution in [-0.2, 0) is 14.8 Å². The lowest BCUT2D eigenvalue weighted by Crippen LogP contribution is -2.52. The molecule has 0 bridgehead atoms. The zero-order valence-corrected chi connectivity index (χ0v) is 20.1. The summed E-state index contributed by atoms with van der Waals surface area (Å²) in [6.07, 6.45) is 2.75. The maximum absolute atomic E-state index is 13.1. The van der Waals surface area contributed by atoms with Crippen LogP contribution in [0.25, 0.3) is 0 Å². The minimum absolute atomic E-state index is 0.124. The van der Waals surface area contributed by atoms with Crippen molar-refractivity contribution in [3.8, 4) is 0 Å². The highest BCUT2D eigenvalue weighted by Gasteiger charge is 2.35. The van der Waals surface area contributed by atoms with Gasteiger partial charge in [0, 0.05) is 51.4 Å². The SMILES string of the molecule is Cc1ccc(S(=O)(=O)N2CCC(C(=O)N3CCN(c4ccc(Cl)cn4)CC3)CC2)c(C)c1. The average molecular weight is 477 g/mol. The van der Waals surface area contributed by atoms with E-state index in [2.05, 4.69) is 9.88 Å². The normalized spacial score (nSPS) is 18.7. The van der Waals surface area contributed by atoms with Gasteiger partial charge in [0.2, 0.25) is 15.9 Å². The molecule has 32 heavy (non-hydrogen) atoms. The first-order valence-electron chi connectivity index (χ1n) is 11.0. The van der Waals surface area contributed by atoms with E-state index in [9.17, 15) is 13.2 Å². The molecule has 0 N–H and O–H groups in total. The van der Waals surface area contributed by atoms with Gasteiger partial charge in [-0.2, -0.15) is 4.31 Å². The molecule has 0 radical (unpaired) electrons. The highest BCUT2D eigenvalue weighted by Crippen LogP contribution is 2.27. The van der Waals surface area contributed by atoms with Crippen molar-refractivity contribution in [3.63, 3.8) is 0 Å². The number of nitrogens with zero attached hydrogens (tertiary/aromatic N) is 4. The van der Waals surface area contributed by atoms with Crippen molar-refractivity contribution in [3.05, 3.63) is 52.7 Å². The number of hydrogen-bond acceptors (Lipinski definition) is 5. The van der Waals surface area contributed by atoms with Crippen molar-refractivity contribution < 1.29 is 13.2 Å². The lowest BCUT2D eigenvalue weighted by Gasteiger charge is -2.38. The molecule has 0 spiro atoms. The predicted octanol–water partition coefficient (Wildman–Crippen LogP) is 3.10. The summed E-state index contributed by atoms with van der Waals surface area (Å²) in [7, 11) is -3.54. The topological polar surface area (TPSA) is 73.8 Å². The fraction of sp³-hybridized carbons (Fsp3) is 0.478. The molecule has 172 valence electrons. The quantitative estimate of drug-likeness (QED) is 0.677. The summed E-state index contributed by atoms with van der Waals surface area (Å²) < 4.78 is 27.7. The molecule has 1 aromatic carbocycles. The number of carbonyl (C=O) groups is 1. The van der Waals surface area contributed by atoms with Crippen molar-refractivity contribution >= 4 is 33.3 Å². The van der Waals surface area contributed by atoms with E-state index < -0.39 is 10.0 Å². The predicted molar refractivity (Wildman–Crippen MR) is 125 cm³/mol. The van der Waals surface area contributed by atoms with Crippen LogP contribution in [0.5, 0.6) is 0 Å². The van der Waals surface area contributed by atoms with E-state index in [0.717, 1.165) is 30.0 Å². The van der Waals surface area contributed by atoms with Crippen molar-refractivity contribution in [2.45, 2.75) is 31.6 Å². The number of sulfonamides is 1. The molecule has 2 aliphatic rings. The standard InChI is InChI=1S/C23H29ClN4O3S/c1-17-3-5-21(18(2)15-17)32(30,31)28-9-7-19(8-10-28)23(29)27-13-11-26(12-14-27)22-6-4-20(24)16-25-22/h3-6,15-16,19H,7-14H2,1-2H3. The number of aromatic nitrogens is 1. The number of hydrogen-bond donors (Lipinski definition) is 0. The summed E-state index contributed by atoms with van der Waals surface area (Å²) in [4.78, 5) is 21.8. The van der Waals surface area contributed by atoms with Crippen molar-refractivity contribution in [2.75, 3.05) is 44.2 Å². The number of benzene rings is 1. The van der Waals surface area contributed by atoms with Gasteiger partial charge in [-0.05, 0) is 50.5 Å². The Kier molecular flexibility index (Phi) is 6.74. The van der Waals surface area contributed by atoms with Crippen molar-refractivity contribution in [1.82, 2.24) is 14.2 Å². The van der Waals surface area contributed by atoms with Crippen LogP contribution < -0.4 is 4.90 Å². The number of carbonyl (C=O) groups excluding carboxylic acids is 1. The van der Waals surface area contributed by atoms with Gasteiger partial charge in [-0.25, -0.2) is 13.4 Å². The number of piperazine rings is 1. The van der Waals surface area contributed by atoms with Gasteiger partial charge in [0.05, 0.1) is 9.92 Å².